The minimum atomic E-state index is -2.86. The highest BCUT2D eigenvalue weighted by atomic mass is 32.1. The van der Waals surface area contributed by atoms with Crippen LogP contribution < -0.4 is 10.1 Å². The summed E-state index contributed by atoms with van der Waals surface area (Å²) < 4.78 is 46.2. The van der Waals surface area contributed by atoms with Crippen molar-refractivity contribution in [3.8, 4) is 5.19 Å². The number of hydrogen-bond acceptors (Lipinski definition) is 6. The Morgan fingerprint density at radius 3 is 2.76 bits per heavy atom. The molecule has 1 N–H and O–H groups in total. The summed E-state index contributed by atoms with van der Waals surface area (Å²) in [5.41, 5.74) is 1.27. The monoisotopic (exact) mass is 499 g/mol. The number of halogens is 3. The average Bonchev–Trinajstić information content (AvgIpc) is 3.34. The van der Waals surface area contributed by atoms with E-state index < -0.39 is 18.5 Å². The Morgan fingerprint density at radius 1 is 1.32 bits per heavy atom. The molecule has 0 radical (unpaired) electrons. The van der Waals surface area contributed by atoms with Crippen LogP contribution >= 0.6 is 11.3 Å². The van der Waals surface area contributed by atoms with Crippen LogP contribution in [0, 0.1) is 11.9 Å². The van der Waals surface area contributed by atoms with Gasteiger partial charge in [0.2, 0.25) is 11.9 Å². The predicted molar refractivity (Wildman–Crippen MR) is 123 cm³/mol. The van der Waals surface area contributed by atoms with Crippen molar-refractivity contribution in [1.82, 2.24) is 25.0 Å². The van der Waals surface area contributed by atoms with E-state index in [9.17, 15) is 18.0 Å². The topological polar surface area (TPSA) is 72.3 Å². The van der Waals surface area contributed by atoms with Crippen LogP contribution in [0.2, 0.25) is 0 Å². The van der Waals surface area contributed by atoms with Crippen LogP contribution in [0.4, 0.5) is 13.2 Å². The Bertz CT molecular complexity index is 982. The van der Waals surface area contributed by atoms with Crippen LogP contribution in [-0.4, -0.2) is 57.2 Å². The van der Waals surface area contributed by atoms with Crippen molar-refractivity contribution in [2.24, 2.45) is 13.0 Å². The number of hydrogen-bond donors (Lipinski definition) is 1. The van der Waals surface area contributed by atoms with Gasteiger partial charge in [0.1, 0.15) is 0 Å². The van der Waals surface area contributed by atoms with Gasteiger partial charge in [-0.3, -0.25) is 9.69 Å². The summed E-state index contributed by atoms with van der Waals surface area (Å²) in [5.74, 6) is -2.87. The third kappa shape index (κ3) is 6.71. The van der Waals surface area contributed by atoms with Crippen molar-refractivity contribution in [1.29, 1.82) is 0 Å². The number of carbonyl (C=O) groups is 1. The zero-order valence-electron chi connectivity index (χ0n) is 19.7. The molecular weight excluding hydrogens is 467 g/mol. The van der Waals surface area contributed by atoms with Gasteiger partial charge in [-0.15, -0.1) is 0 Å². The number of amides is 1. The van der Waals surface area contributed by atoms with Gasteiger partial charge in [0, 0.05) is 43.5 Å². The first kappa shape index (κ1) is 25.0. The summed E-state index contributed by atoms with van der Waals surface area (Å²) in [5, 5.41) is 7.21. The number of rotatable bonds is 9. The van der Waals surface area contributed by atoms with E-state index in [0.29, 0.717) is 16.7 Å². The Labute approximate surface area is 201 Å². The maximum atomic E-state index is 13.8. The lowest BCUT2D eigenvalue weighted by molar-refractivity contribution is -0.121. The van der Waals surface area contributed by atoms with Crippen LogP contribution in [-0.2, 0) is 31.2 Å². The molecule has 0 aromatic carbocycles. The summed E-state index contributed by atoms with van der Waals surface area (Å²) in [6, 6.07) is 0.143. The molecule has 1 aliphatic heterocycles. The Kier molecular flexibility index (Phi) is 7.81. The highest BCUT2D eigenvalue weighted by Gasteiger charge is 2.27. The number of carbonyl (C=O) groups excluding carboxylic acids is 1. The van der Waals surface area contributed by atoms with Crippen molar-refractivity contribution in [2.75, 3.05) is 19.7 Å². The van der Waals surface area contributed by atoms with E-state index in [1.807, 2.05) is 0 Å². The second kappa shape index (κ2) is 10.6. The molecule has 1 amide bonds. The molecule has 0 spiro atoms. The van der Waals surface area contributed by atoms with Crippen molar-refractivity contribution < 1.29 is 22.7 Å². The molecule has 2 aliphatic rings. The molecule has 34 heavy (non-hydrogen) atoms. The van der Waals surface area contributed by atoms with Crippen molar-refractivity contribution in [3.63, 3.8) is 0 Å². The molecule has 0 atom stereocenters. The molecule has 1 aliphatic carbocycles. The Balaban J connectivity index is 1.15. The Morgan fingerprint density at radius 2 is 2.09 bits per heavy atom. The normalized spacial score (nSPS) is 21.3. The van der Waals surface area contributed by atoms with Crippen molar-refractivity contribution in [2.45, 2.75) is 70.4 Å². The molecule has 2 aromatic rings. The highest BCUT2D eigenvalue weighted by Crippen LogP contribution is 2.32. The van der Waals surface area contributed by atoms with E-state index in [4.69, 9.17) is 4.74 Å². The number of aromatic nitrogens is 3. The quantitative estimate of drug-likeness (QED) is 0.570. The second-order valence-corrected chi connectivity index (χ2v) is 10.6. The van der Waals surface area contributed by atoms with Gasteiger partial charge in [0.05, 0.1) is 18.3 Å². The number of aryl methyl sites for hydroxylation is 1. The highest BCUT2D eigenvalue weighted by molar-refractivity contribution is 7.13. The second-order valence-electron chi connectivity index (χ2n) is 9.57. The number of fused-ring (bicyclic) bond motifs is 1. The van der Waals surface area contributed by atoms with Gasteiger partial charge in [0.25, 0.3) is 11.1 Å². The standard InChI is InChI=1S/C23H32F3N5O2S/c1-23(25,26)14-33-22-29-18-13-31(10-8-19(18)34-22)9-7-15-3-5-17(6-4-15)28-20(32)11-16-12-27-30(2)21(16)24/h12,15,17H,3-11,13-14H2,1-2H3,(H,28,32)/t15-,17-. The van der Waals surface area contributed by atoms with Crippen LogP contribution in [0.5, 0.6) is 5.19 Å². The summed E-state index contributed by atoms with van der Waals surface area (Å²) in [7, 11) is 1.51. The third-order valence-corrected chi connectivity index (χ3v) is 7.66. The van der Waals surface area contributed by atoms with Gasteiger partial charge in [-0.05, 0) is 51.0 Å². The maximum Gasteiger partial charge on any atom is 0.278 e. The third-order valence-electron chi connectivity index (χ3n) is 6.59. The largest absolute Gasteiger partial charge is 0.464 e. The van der Waals surface area contributed by atoms with Crippen LogP contribution in [0.25, 0.3) is 0 Å². The zero-order chi connectivity index (χ0) is 24.3. The molecule has 0 saturated heterocycles. The lowest BCUT2D eigenvalue weighted by Gasteiger charge is -2.32. The summed E-state index contributed by atoms with van der Waals surface area (Å²) >= 11 is 1.38. The van der Waals surface area contributed by atoms with Gasteiger partial charge in [-0.25, -0.2) is 18.4 Å². The molecule has 1 saturated carbocycles. The zero-order valence-corrected chi connectivity index (χ0v) is 20.5. The molecule has 0 bridgehead atoms. The van der Waals surface area contributed by atoms with Crippen LogP contribution in [0.1, 0.15) is 55.2 Å². The Hall–Kier alpha value is -2.14. The molecule has 2 aromatic heterocycles. The number of nitrogens with zero attached hydrogens (tertiary/aromatic N) is 4. The SMILES string of the molecule is Cn1ncc(CC(=O)N[C@H]2CC[C@H](CCN3CCc4sc(OCC(C)(F)F)nc4C3)CC2)c1F. The molecule has 11 heteroatoms. The average molecular weight is 500 g/mol. The van der Waals surface area contributed by atoms with Gasteiger partial charge in [0.15, 0.2) is 6.61 Å². The summed E-state index contributed by atoms with van der Waals surface area (Å²) in [6.07, 6.45) is 7.37. The fourth-order valence-corrected chi connectivity index (χ4v) is 5.57. The summed E-state index contributed by atoms with van der Waals surface area (Å²) in [4.78, 5) is 20.2. The predicted octanol–water partition coefficient (Wildman–Crippen LogP) is 3.72. The first-order valence-corrected chi connectivity index (χ1v) is 12.6. The van der Waals surface area contributed by atoms with E-state index in [0.717, 1.165) is 80.3 Å². The van der Waals surface area contributed by atoms with Gasteiger partial charge in [-0.2, -0.15) is 9.49 Å². The maximum absolute atomic E-state index is 13.8. The molecule has 3 heterocycles. The minimum Gasteiger partial charge on any atom is -0.464 e. The number of thiazole rings is 1. The number of nitrogens with one attached hydrogen (secondary N) is 1. The van der Waals surface area contributed by atoms with Crippen LogP contribution in [0.3, 0.4) is 0 Å². The summed E-state index contributed by atoms with van der Waals surface area (Å²) in [6.45, 7) is 2.84. The first-order chi connectivity index (χ1) is 16.2. The van der Waals surface area contributed by atoms with E-state index in [-0.39, 0.29) is 18.4 Å². The van der Waals surface area contributed by atoms with Gasteiger partial charge < -0.3 is 10.1 Å². The molecule has 1 fully saturated rings. The van der Waals surface area contributed by atoms with E-state index in [1.54, 1.807) is 0 Å². The first-order valence-electron chi connectivity index (χ1n) is 11.8. The smallest absolute Gasteiger partial charge is 0.278 e. The molecule has 188 valence electrons. The van der Waals surface area contributed by atoms with E-state index >= 15 is 0 Å². The minimum absolute atomic E-state index is 0.0147. The van der Waals surface area contributed by atoms with Crippen molar-refractivity contribution in [3.05, 3.63) is 28.3 Å². The van der Waals surface area contributed by atoms with Gasteiger partial charge in [-0.1, -0.05) is 11.3 Å². The molecule has 0 unspecified atom stereocenters. The van der Waals surface area contributed by atoms with Crippen LogP contribution in [0.15, 0.2) is 6.20 Å². The lowest BCUT2D eigenvalue weighted by Crippen LogP contribution is -2.39. The van der Waals surface area contributed by atoms with Crippen molar-refractivity contribution >= 4 is 17.2 Å². The molecular formula is C23H32F3N5O2S. The number of alkyl halides is 2. The molecule has 7 nitrogen and oxygen atoms in total. The fraction of sp³-hybridized carbons (Fsp3) is 0.696. The van der Waals surface area contributed by atoms with E-state index in [1.165, 1.54) is 24.6 Å². The fourth-order valence-electron chi connectivity index (χ4n) is 4.67. The molecule has 4 rings (SSSR count). The number of ether oxygens (including phenoxy) is 1. The van der Waals surface area contributed by atoms with E-state index in [2.05, 4.69) is 20.3 Å². The lowest BCUT2D eigenvalue weighted by atomic mass is 9.84. The van der Waals surface area contributed by atoms with Gasteiger partial charge >= 0.3 is 0 Å².